The summed E-state index contributed by atoms with van der Waals surface area (Å²) in [6, 6.07) is 11.0. The van der Waals surface area contributed by atoms with Crippen LogP contribution in [-0.2, 0) is 9.84 Å². The van der Waals surface area contributed by atoms with E-state index in [4.69, 9.17) is 9.15 Å². The minimum absolute atomic E-state index is 0.0913. The van der Waals surface area contributed by atoms with Crippen LogP contribution in [0.15, 0.2) is 40.8 Å². The van der Waals surface area contributed by atoms with E-state index in [-0.39, 0.29) is 17.4 Å². The van der Waals surface area contributed by atoms with Crippen LogP contribution in [0, 0.1) is 0 Å². The van der Waals surface area contributed by atoms with Gasteiger partial charge in [0.25, 0.3) is 11.9 Å². The smallest absolute Gasteiger partial charge is 0.298 e. The standard InChI is InChI=1S/C21H22N4O5S/c1-24-6-9-29-19-4-2-14(12-17(19)24)20(26)22-15-3-5-18-16(13-15)23-21(30-18)25-7-10-31(27,28)11-8-25/h2-5,12-13H,6-11H2,1H3,(H,22,26). The van der Waals surface area contributed by atoms with Crippen molar-refractivity contribution in [2.45, 2.75) is 0 Å². The fourth-order valence-corrected chi connectivity index (χ4v) is 4.93. The average molecular weight is 442 g/mol. The van der Waals surface area contributed by atoms with Gasteiger partial charge in [0.05, 0.1) is 23.7 Å². The highest BCUT2D eigenvalue weighted by Crippen LogP contribution is 2.32. The maximum atomic E-state index is 12.8. The van der Waals surface area contributed by atoms with Crippen molar-refractivity contribution in [1.82, 2.24) is 4.98 Å². The molecular formula is C21H22N4O5S. The summed E-state index contributed by atoms with van der Waals surface area (Å²) in [7, 11) is -1.01. The summed E-state index contributed by atoms with van der Waals surface area (Å²) in [5.41, 5.74) is 3.19. The maximum absolute atomic E-state index is 12.8. The molecule has 3 aromatic rings. The molecule has 10 heteroatoms. The van der Waals surface area contributed by atoms with E-state index in [1.54, 1.807) is 24.3 Å². The zero-order valence-electron chi connectivity index (χ0n) is 17.0. The molecule has 2 aromatic carbocycles. The van der Waals surface area contributed by atoms with Gasteiger partial charge in [0.1, 0.15) is 17.9 Å². The molecule has 2 aliphatic rings. The fraction of sp³-hybridized carbons (Fsp3) is 0.333. The number of fused-ring (bicyclic) bond motifs is 2. The number of likely N-dealkylation sites (N-methyl/N-ethyl adjacent to an activating group) is 1. The summed E-state index contributed by atoms with van der Waals surface area (Å²) >= 11 is 0. The van der Waals surface area contributed by atoms with Crippen LogP contribution in [0.3, 0.4) is 0 Å². The van der Waals surface area contributed by atoms with Crippen LogP contribution < -0.4 is 19.9 Å². The van der Waals surface area contributed by atoms with Crippen molar-refractivity contribution in [2.24, 2.45) is 0 Å². The topological polar surface area (TPSA) is 105 Å². The molecule has 31 heavy (non-hydrogen) atoms. The highest BCUT2D eigenvalue weighted by molar-refractivity contribution is 7.91. The molecule has 5 rings (SSSR count). The number of oxazole rings is 1. The summed E-state index contributed by atoms with van der Waals surface area (Å²) in [5, 5.41) is 2.90. The lowest BCUT2D eigenvalue weighted by Gasteiger charge is -2.27. The second-order valence-corrected chi connectivity index (χ2v) is 10.0. The van der Waals surface area contributed by atoms with Gasteiger partial charge in [-0.2, -0.15) is 4.98 Å². The summed E-state index contributed by atoms with van der Waals surface area (Å²) in [6.07, 6.45) is 0. The Hall–Kier alpha value is -3.27. The van der Waals surface area contributed by atoms with Crippen molar-refractivity contribution in [3.8, 4) is 5.75 Å². The molecule has 0 unspecified atom stereocenters. The quantitative estimate of drug-likeness (QED) is 0.658. The molecule has 1 aromatic heterocycles. The van der Waals surface area contributed by atoms with E-state index in [1.807, 2.05) is 24.1 Å². The van der Waals surface area contributed by atoms with Crippen LogP contribution in [0.25, 0.3) is 11.1 Å². The third kappa shape index (κ3) is 3.90. The number of aromatic nitrogens is 1. The number of carbonyl (C=O) groups is 1. The lowest BCUT2D eigenvalue weighted by molar-refractivity contribution is 0.102. The summed E-state index contributed by atoms with van der Waals surface area (Å²) < 4.78 is 34.7. The normalized spacial score (nSPS) is 17.8. The number of sulfone groups is 1. The molecule has 1 fully saturated rings. The number of hydrogen-bond donors (Lipinski definition) is 1. The van der Waals surface area contributed by atoms with Crippen LogP contribution in [-0.4, -0.2) is 64.1 Å². The van der Waals surface area contributed by atoms with Gasteiger partial charge < -0.3 is 24.3 Å². The molecule has 0 atom stereocenters. The van der Waals surface area contributed by atoms with Crippen molar-refractivity contribution in [3.63, 3.8) is 0 Å². The Balaban J connectivity index is 1.34. The van der Waals surface area contributed by atoms with Crippen LogP contribution >= 0.6 is 0 Å². The molecule has 9 nitrogen and oxygen atoms in total. The third-order valence-electron chi connectivity index (χ3n) is 5.57. The number of amides is 1. The minimum atomic E-state index is -2.98. The number of benzene rings is 2. The number of rotatable bonds is 3. The van der Waals surface area contributed by atoms with Crippen LogP contribution in [0.2, 0.25) is 0 Å². The second-order valence-electron chi connectivity index (χ2n) is 7.72. The predicted octanol–water partition coefficient (Wildman–Crippen LogP) is 2.14. The van der Waals surface area contributed by atoms with Gasteiger partial charge in [-0.05, 0) is 36.4 Å². The van der Waals surface area contributed by atoms with Crippen LogP contribution in [0.4, 0.5) is 17.4 Å². The van der Waals surface area contributed by atoms with E-state index in [0.717, 1.165) is 18.0 Å². The van der Waals surface area contributed by atoms with Gasteiger partial charge in [-0.25, -0.2) is 8.42 Å². The molecule has 1 amide bonds. The lowest BCUT2D eigenvalue weighted by atomic mass is 10.1. The van der Waals surface area contributed by atoms with Crippen molar-refractivity contribution in [1.29, 1.82) is 0 Å². The largest absolute Gasteiger partial charge is 0.490 e. The van der Waals surface area contributed by atoms with Crippen LogP contribution in [0.1, 0.15) is 10.4 Å². The molecule has 0 spiro atoms. The SMILES string of the molecule is CN1CCOc2ccc(C(=O)Nc3ccc4oc(N5CCS(=O)(=O)CC5)nc4c3)cc21. The first-order chi connectivity index (χ1) is 14.9. The van der Waals surface area contributed by atoms with E-state index >= 15 is 0 Å². The van der Waals surface area contributed by atoms with Gasteiger partial charge in [0.15, 0.2) is 15.4 Å². The van der Waals surface area contributed by atoms with Gasteiger partial charge in [-0.15, -0.1) is 0 Å². The monoisotopic (exact) mass is 442 g/mol. The van der Waals surface area contributed by atoms with Gasteiger partial charge >= 0.3 is 0 Å². The number of anilines is 3. The Morgan fingerprint density at radius 1 is 1.10 bits per heavy atom. The van der Waals surface area contributed by atoms with Crippen molar-refractivity contribution < 1.29 is 22.4 Å². The highest BCUT2D eigenvalue weighted by Gasteiger charge is 2.25. The Labute approximate surface area is 179 Å². The van der Waals surface area contributed by atoms with E-state index in [2.05, 4.69) is 15.2 Å². The zero-order chi connectivity index (χ0) is 21.6. The predicted molar refractivity (Wildman–Crippen MR) is 118 cm³/mol. The van der Waals surface area contributed by atoms with Crippen molar-refractivity contribution in [3.05, 3.63) is 42.0 Å². The first kappa shape index (κ1) is 19.7. The van der Waals surface area contributed by atoms with E-state index in [9.17, 15) is 13.2 Å². The molecular weight excluding hydrogens is 420 g/mol. The van der Waals surface area contributed by atoms with Crippen molar-refractivity contribution >= 4 is 44.2 Å². The molecule has 0 aliphatic carbocycles. The minimum Gasteiger partial charge on any atom is -0.490 e. The number of hydrogen-bond acceptors (Lipinski definition) is 8. The average Bonchev–Trinajstić information content (AvgIpc) is 3.17. The second kappa shape index (κ2) is 7.45. The summed E-state index contributed by atoms with van der Waals surface area (Å²) in [6.45, 7) is 2.11. The lowest BCUT2D eigenvalue weighted by Crippen LogP contribution is -2.40. The number of carbonyl (C=O) groups excluding carboxylic acids is 1. The number of nitrogens with one attached hydrogen (secondary N) is 1. The first-order valence-electron chi connectivity index (χ1n) is 10.0. The molecule has 3 heterocycles. The van der Waals surface area contributed by atoms with Crippen LogP contribution in [0.5, 0.6) is 5.75 Å². The molecule has 2 aliphatic heterocycles. The molecule has 1 saturated heterocycles. The van der Waals surface area contributed by atoms with E-state index in [0.29, 0.717) is 48.1 Å². The molecule has 0 radical (unpaired) electrons. The van der Waals surface area contributed by atoms with E-state index < -0.39 is 9.84 Å². The summed E-state index contributed by atoms with van der Waals surface area (Å²) in [5.74, 6) is 0.723. The Kier molecular flexibility index (Phi) is 4.73. The van der Waals surface area contributed by atoms with Gasteiger partial charge in [0, 0.05) is 31.4 Å². The Morgan fingerprint density at radius 3 is 2.71 bits per heavy atom. The molecule has 162 valence electrons. The van der Waals surface area contributed by atoms with Crippen molar-refractivity contribution in [2.75, 3.05) is 59.9 Å². The molecule has 0 bridgehead atoms. The number of nitrogens with zero attached hydrogens (tertiary/aromatic N) is 3. The zero-order valence-corrected chi connectivity index (χ0v) is 17.8. The summed E-state index contributed by atoms with van der Waals surface area (Å²) in [4.78, 5) is 21.1. The van der Waals surface area contributed by atoms with Gasteiger partial charge in [0.2, 0.25) is 0 Å². The maximum Gasteiger partial charge on any atom is 0.298 e. The third-order valence-corrected chi connectivity index (χ3v) is 7.17. The first-order valence-corrected chi connectivity index (χ1v) is 11.9. The molecule has 1 N–H and O–H groups in total. The Morgan fingerprint density at radius 2 is 1.90 bits per heavy atom. The highest BCUT2D eigenvalue weighted by atomic mass is 32.2. The molecule has 0 saturated carbocycles. The van der Waals surface area contributed by atoms with Gasteiger partial charge in [-0.1, -0.05) is 0 Å². The number of ether oxygens (including phenoxy) is 1. The van der Waals surface area contributed by atoms with E-state index in [1.165, 1.54) is 0 Å². The fourth-order valence-electron chi connectivity index (χ4n) is 3.73. The Bertz CT molecular complexity index is 1260. The van der Waals surface area contributed by atoms with Gasteiger partial charge in [-0.3, -0.25) is 4.79 Å².